The van der Waals surface area contributed by atoms with Gasteiger partial charge in [0.05, 0.1) is 6.26 Å². The Morgan fingerprint density at radius 2 is 2.04 bits per heavy atom. The van der Waals surface area contributed by atoms with Crippen LogP contribution in [-0.2, 0) is 11.3 Å². The first-order valence-electron chi connectivity index (χ1n) is 8.08. The summed E-state index contributed by atoms with van der Waals surface area (Å²) >= 11 is 0. The van der Waals surface area contributed by atoms with Crippen molar-refractivity contribution in [2.75, 3.05) is 25.5 Å². The van der Waals surface area contributed by atoms with Crippen LogP contribution in [0.3, 0.4) is 0 Å². The molecule has 0 radical (unpaired) electrons. The van der Waals surface area contributed by atoms with Crippen LogP contribution in [0.4, 0.5) is 10.5 Å². The number of amides is 3. The summed E-state index contributed by atoms with van der Waals surface area (Å²) in [5.41, 5.74) is 1.86. The van der Waals surface area contributed by atoms with Crippen LogP contribution >= 0.6 is 0 Å². The van der Waals surface area contributed by atoms with Crippen molar-refractivity contribution in [3.63, 3.8) is 0 Å². The third-order valence-corrected chi connectivity index (χ3v) is 3.63. The summed E-state index contributed by atoms with van der Waals surface area (Å²) in [4.78, 5) is 23.7. The van der Waals surface area contributed by atoms with Crippen molar-refractivity contribution in [2.45, 2.75) is 20.0 Å². The second-order valence-corrected chi connectivity index (χ2v) is 5.42. The van der Waals surface area contributed by atoms with E-state index < -0.39 is 0 Å². The molecular weight excluding hydrogens is 322 g/mol. The van der Waals surface area contributed by atoms with Crippen molar-refractivity contribution < 1.29 is 18.7 Å². The number of anilines is 1. The van der Waals surface area contributed by atoms with Gasteiger partial charge in [-0.1, -0.05) is 6.07 Å². The van der Waals surface area contributed by atoms with Gasteiger partial charge < -0.3 is 25.1 Å². The fraction of sp³-hybridized carbons (Fsp3) is 0.333. The first-order valence-corrected chi connectivity index (χ1v) is 8.08. The molecule has 134 valence electrons. The molecule has 7 nitrogen and oxygen atoms in total. The number of ether oxygens (including phenoxy) is 1. The summed E-state index contributed by atoms with van der Waals surface area (Å²) in [6.45, 7) is 3.22. The normalized spacial score (nSPS) is 10.3. The molecule has 3 amide bonds. The minimum absolute atomic E-state index is 0.185. The fourth-order valence-electron chi connectivity index (χ4n) is 2.26. The van der Waals surface area contributed by atoms with Crippen LogP contribution in [0.2, 0.25) is 0 Å². The molecule has 3 N–H and O–H groups in total. The molecule has 0 aliphatic carbocycles. The molecule has 0 atom stereocenters. The molecule has 25 heavy (non-hydrogen) atoms. The van der Waals surface area contributed by atoms with Crippen molar-refractivity contribution in [3.05, 3.63) is 53.5 Å². The van der Waals surface area contributed by atoms with Gasteiger partial charge in [-0.15, -0.1) is 0 Å². The summed E-state index contributed by atoms with van der Waals surface area (Å²) in [5.74, 6) is 0.590. The summed E-state index contributed by atoms with van der Waals surface area (Å²) in [6.07, 6.45) is 2.29. The van der Waals surface area contributed by atoms with Crippen LogP contribution in [0.5, 0.6) is 0 Å². The Hall–Kier alpha value is -2.80. The predicted octanol–water partition coefficient (Wildman–Crippen LogP) is 2.68. The zero-order chi connectivity index (χ0) is 18.1. The number of benzene rings is 1. The van der Waals surface area contributed by atoms with E-state index in [1.54, 1.807) is 38.4 Å². The van der Waals surface area contributed by atoms with E-state index in [2.05, 4.69) is 16.0 Å². The van der Waals surface area contributed by atoms with E-state index in [0.717, 1.165) is 11.3 Å². The average molecular weight is 345 g/mol. The van der Waals surface area contributed by atoms with Crippen LogP contribution in [0.1, 0.15) is 28.1 Å². The summed E-state index contributed by atoms with van der Waals surface area (Å²) in [7, 11) is 1.57. The van der Waals surface area contributed by atoms with E-state index in [-0.39, 0.29) is 11.9 Å². The first kappa shape index (κ1) is 18.5. The topological polar surface area (TPSA) is 92.6 Å². The van der Waals surface area contributed by atoms with Crippen LogP contribution < -0.4 is 16.0 Å². The molecule has 0 aliphatic rings. The second kappa shape index (κ2) is 9.48. The van der Waals surface area contributed by atoms with Gasteiger partial charge in [0, 0.05) is 31.5 Å². The van der Waals surface area contributed by atoms with Gasteiger partial charge in [-0.2, -0.15) is 0 Å². The molecule has 1 heterocycles. The largest absolute Gasteiger partial charge is 0.467 e. The minimum Gasteiger partial charge on any atom is -0.467 e. The molecule has 0 fully saturated rings. The maximum atomic E-state index is 12.0. The standard InChI is InChI=1S/C18H23N3O4/c1-13-15(17(22)19-2)7-3-8-16(13)21-18(23)20-9-5-10-24-12-14-6-4-11-25-14/h3-4,6-8,11H,5,9-10,12H2,1-2H3,(H,19,22)(H2,20,21,23). The van der Waals surface area contributed by atoms with Crippen molar-refractivity contribution >= 4 is 17.6 Å². The number of carbonyl (C=O) groups excluding carboxylic acids is 2. The predicted molar refractivity (Wildman–Crippen MR) is 94.6 cm³/mol. The van der Waals surface area contributed by atoms with Crippen LogP contribution in [0.15, 0.2) is 41.0 Å². The summed E-state index contributed by atoms with van der Waals surface area (Å²) < 4.78 is 10.6. The van der Waals surface area contributed by atoms with Crippen LogP contribution in [-0.4, -0.2) is 32.1 Å². The number of carbonyl (C=O) groups is 2. The molecule has 0 saturated carbocycles. The van der Waals surface area contributed by atoms with Gasteiger partial charge >= 0.3 is 6.03 Å². The quantitative estimate of drug-likeness (QED) is 0.641. The number of nitrogens with one attached hydrogen (secondary N) is 3. The minimum atomic E-state index is -0.316. The Balaban J connectivity index is 1.70. The van der Waals surface area contributed by atoms with E-state index in [4.69, 9.17) is 9.15 Å². The van der Waals surface area contributed by atoms with Gasteiger partial charge in [0.2, 0.25) is 0 Å². The molecule has 0 saturated heterocycles. The number of hydrogen-bond donors (Lipinski definition) is 3. The van der Waals surface area contributed by atoms with Gasteiger partial charge in [0.25, 0.3) is 5.91 Å². The van der Waals surface area contributed by atoms with E-state index in [1.807, 2.05) is 12.1 Å². The maximum Gasteiger partial charge on any atom is 0.319 e. The molecule has 1 aromatic carbocycles. The second-order valence-electron chi connectivity index (χ2n) is 5.42. The SMILES string of the molecule is CNC(=O)c1cccc(NC(=O)NCCCOCc2ccco2)c1C. The smallest absolute Gasteiger partial charge is 0.319 e. The molecule has 0 bridgehead atoms. The van der Waals surface area contributed by atoms with Gasteiger partial charge in [0.1, 0.15) is 12.4 Å². The first-order chi connectivity index (χ1) is 12.1. The number of rotatable bonds is 8. The van der Waals surface area contributed by atoms with Crippen LogP contribution in [0.25, 0.3) is 0 Å². The van der Waals surface area contributed by atoms with Crippen molar-refractivity contribution in [1.29, 1.82) is 0 Å². The number of furan rings is 1. The van der Waals surface area contributed by atoms with Crippen molar-refractivity contribution in [3.8, 4) is 0 Å². The highest BCUT2D eigenvalue weighted by Crippen LogP contribution is 2.18. The Morgan fingerprint density at radius 3 is 2.76 bits per heavy atom. The maximum absolute atomic E-state index is 12.0. The molecule has 2 rings (SSSR count). The Bertz CT molecular complexity index is 698. The number of hydrogen-bond acceptors (Lipinski definition) is 4. The van der Waals surface area contributed by atoms with Crippen LogP contribution in [0, 0.1) is 6.92 Å². The Kier molecular flexibility index (Phi) is 7.03. The fourth-order valence-corrected chi connectivity index (χ4v) is 2.26. The van der Waals surface area contributed by atoms with Gasteiger partial charge in [-0.25, -0.2) is 4.79 Å². The summed E-state index contributed by atoms with van der Waals surface area (Å²) in [6, 6.07) is 8.55. The molecule has 7 heteroatoms. The van der Waals surface area contributed by atoms with E-state index in [1.165, 1.54) is 0 Å². The molecule has 0 spiro atoms. The number of urea groups is 1. The lowest BCUT2D eigenvalue weighted by Crippen LogP contribution is -2.30. The highest BCUT2D eigenvalue weighted by Gasteiger charge is 2.11. The van der Waals surface area contributed by atoms with Gasteiger partial charge in [-0.3, -0.25) is 4.79 Å². The van der Waals surface area contributed by atoms with Crippen molar-refractivity contribution in [2.24, 2.45) is 0 Å². The molecule has 0 unspecified atom stereocenters. The summed E-state index contributed by atoms with van der Waals surface area (Å²) in [5, 5.41) is 8.10. The lowest BCUT2D eigenvalue weighted by Gasteiger charge is -2.12. The highest BCUT2D eigenvalue weighted by atomic mass is 16.5. The molecule has 1 aromatic heterocycles. The molecule has 0 aliphatic heterocycles. The lowest BCUT2D eigenvalue weighted by atomic mass is 10.1. The third kappa shape index (κ3) is 5.65. The highest BCUT2D eigenvalue weighted by molar-refractivity contribution is 5.98. The molecule has 2 aromatic rings. The Labute approximate surface area is 146 Å². The van der Waals surface area contributed by atoms with Crippen molar-refractivity contribution in [1.82, 2.24) is 10.6 Å². The molecular formula is C18H23N3O4. The van der Waals surface area contributed by atoms with Gasteiger partial charge in [0.15, 0.2) is 0 Å². The van der Waals surface area contributed by atoms with E-state index >= 15 is 0 Å². The van der Waals surface area contributed by atoms with E-state index in [9.17, 15) is 9.59 Å². The van der Waals surface area contributed by atoms with E-state index in [0.29, 0.717) is 37.4 Å². The third-order valence-electron chi connectivity index (χ3n) is 3.63. The zero-order valence-corrected chi connectivity index (χ0v) is 14.4. The monoisotopic (exact) mass is 345 g/mol. The lowest BCUT2D eigenvalue weighted by molar-refractivity contribution is 0.0962. The average Bonchev–Trinajstić information content (AvgIpc) is 3.12. The van der Waals surface area contributed by atoms with Gasteiger partial charge in [-0.05, 0) is 43.2 Å². The Morgan fingerprint density at radius 1 is 1.20 bits per heavy atom. The zero-order valence-electron chi connectivity index (χ0n) is 14.4.